The standard InChI is InChI=1S/C15H12ClN3S/c1-20-15-18-17-14(12-9-5-6-10-13(12)16)19(15)11-7-3-2-4-8-11/h2-10H,1H3. The summed E-state index contributed by atoms with van der Waals surface area (Å²) < 4.78 is 2.02. The summed E-state index contributed by atoms with van der Waals surface area (Å²) in [5.74, 6) is 0.756. The summed E-state index contributed by atoms with van der Waals surface area (Å²) in [5, 5.41) is 10.1. The minimum absolute atomic E-state index is 0.671. The second-order valence-corrected chi connectivity index (χ2v) is 5.34. The van der Waals surface area contributed by atoms with Gasteiger partial charge in [-0.05, 0) is 30.5 Å². The molecule has 100 valence electrons. The van der Waals surface area contributed by atoms with E-state index in [1.54, 1.807) is 11.8 Å². The Morgan fingerprint density at radius 3 is 2.35 bits per heavy atom. The van der Waals surface area contributed by atoms with E-state index in [0.717, 1.165) is 22.2 Å². The monoisotopic (exact) mass is 301 g/mol. The molecule has 0 spiro atoms. The van der Waals surface area contributed by atoms with Crippen LogP contribution >= 0.6 is 23.4 Å². The second-order valence-electron chi connectivity index (χ2n) is 4.16. The molecule has 0 fully saturated rings. The lowest BCUT2D eigenvalue weighted by Crippen LogP contribution is -1.99. The van der Waals surface area contributed by atoms with Crippen LogP contribution in [-0.2, 0) is 0 Å². The lowest BCUT2D eigenvalue weighted by Gasteiger charge is -2.10. The molecule has 3 rings (SSSR count). The van der Waals surface area contributed by atoms with Crippen molar-refractivity contribution in [2.75, 3.05) is 6.26 Å². The molecule has 0 N–H and O–H groups in total. The first kappa shape index (κ1) is 13.2. The molecule has 0 aliphatic heterocycles. The maximum atomic E-state index is 6.28. The molecule has 0 radical (unpaired) electrons. The summed E-state index contributed by atoms with van der Waals surface area (Å²) in [5.41, 5.74) is 1.91. The third kappa shape index (κ3) is 2.32. The van der Waals surface area contributed by atoms with E-state index in [9.17, 15) is 0 Å². The number of rotatable bonds is 3. The van der Waals surface area contributed by atoms with E-state index in [1.807, 2.05) is 65.4 Å². The van der Waals surface area contributed by atoms with Crippen molar-refractivity contribution >= 4 is 23.4 Å². The number of halogens is 1. The van der Waals surface area contributed by atoms with Gasteiger partial charge in [-0.1, -0.05) is 53.7 Å². The molecule has 3 nitrogen and oxygen atoms in total. The Morgan fingerprint density at radius 1 is 0.950 bits per heavy atom. The highest BCUT2D eigenvalue weighted by Gasteiger charge is 2.16. The average Bonchev–Trinajstić information content (AvgIpc) is 2.92. The van der Waals surface area contributed by atoms with Crippen LogP contribution in [0.5, 0.6) is 0 Å². The van der Waals surface area contributed by atoms with Gasteiger partial charge in [-0.2, -0.15) is 0 Å². The molecule has 5 heteroatoms. The van der Waals surface area contributed by atoms with Crippen molar-refractivity contribution in [3.63, 3.8) is 0 Å². The summed E-state index contributed by atoms with van der Waals surface area (Å²) >= 11 is 7.84. The van der Waals surface area contributed by atoms with Crippen molar-refractivity contribution in [1.82, 2.24) is 14.8 Å². The Hall–Kier alpha value is -1.78. The van der Waals surface area contributed by atoms with Crippen LogP contribution in [0.2, 0.25) is 5.02 Å². The van der Waals surface area contributed by atoms with Gasteiger partial charge in [-0.3, -0.25) is 4.57 Å². The Labute approximate surface area is 126 Å². The van der Waals surface area contributed by atoms with Crippen LogP contribution in [0.3, 0.4) is 0 Å². The Bertz CT molecular complexity index is 725. The van der Waals surface area contributed by atoms with Gasteiger partial charge in [-0.25, -0.2) is 0 Å². The average molecular weight is 302 g/mol. The number of nitrogens with zero attached hydrogens (tertiary/aromatic N) is 3. The van der Waals surface area contributed by atoms with Gasteiger partial charge in [0.15, 0.2) is 11.0 Å². The van der Waals surface area contributed by atoms with Crippen molar-refractivity contribution < 1.29 is 0 Å². The third-order valence-corrected chi connectivity index (χ3v) is 3.90. The van der Waals surface area contributed by atoms with E-state index in [1.165, 1.54) is 0 Å². The zero-order valence-corrected chi connectivity index (χ0v) is 12.4. The Balaban J connectivity index is 2.24. The summed E-state index contributed by atoms with van der Waals surface area (Å²) in [6.07, 6.45) is 1.99. The van der Waals surface area contributed by atoms with Crippen molar-refractivity contribution in [1.29, 1.82) is 0 Å². The molecule has 0 unspecified atom stereocenters. The fraction of sp³-hybridized carbons (Fsp3) is 0.0667. The van der Waals surface area contributed by atoms with Crippen molar-refractivity contribution in [3.8, 4) is 17.1 Å². The molecule has 3 aromatic rings. The number of hydrogen-bond donors (Lipinski definition) is 0. The predicted molar refractivity (Wildman–Crippen MR) is 83.6 cm³/mol. The van der Waals surface area contributed by atoms with Gasteiger partial charge >= 0.3 is 0 Å². The van der Waals surface area contributed by atoms with Crippen LogP contribution in [0.4, 0.5) is 0 Å². The smallest absolute Gasteiger partial charge is 0.195 e. The van der Waals surface area contributed by atoms with Crippen molar-refractivity contribution in [3.05, 3.63) is 59.6 Å². The summed E-state index contributed by atoms with van der Waals surface area (Å²) in [6, 6.07) is 17.7. The topological polar surface area (TPSA) is 30.7 Å². The molecule has 0 atom stereocenters. The van der Waals surface area contributed by atoms with Gasteiger partial charge < -0.3 is 0 Å². The lowest BCUT2D eigenvalue weighted by atomic mass is 10.2. The molecule has 0 amide bonds. The molecule has 0 saturated carbocycles. The highest BCUT2D eigenvalue weighted by atomic mass is 35.5. The maximum absolute atomic E-state index is 6.28. The van der Waals surface area contributed by atoms with E-state index in [0.29, 0.717) is 5.02 Å². The predicted octanol–water partition coefficient (Wildman–Crippen LogP) is 4.31. The highest BCUT2D eigenvalue weighted by Crippen LogP contribution is 2.30. The molecule has 2 aromatic carbocycles. The normalized spacial score (nSPS) is 10.7. The summed E-state index contributed by atoms with van der Waals surface area (Å²) in [4.78, 5) is 0. The molecular weight excluding hydrogens is 290 g/mol. The minimum Gasteiger partial charge on any atom is -0.270 e. The molecule has 20 heavy (non-hydrogen) atoms. The first-order valence-corrected chi connectivity index (χ1v) is 7.71. The van der Waals surface area contributed by atoms with Crippen LogP contribution in [0.15, 0.2) is 59.8 Å². The quantitative estimate of drug-likeness (QED) is 0.675. The van der Waals surface area contributed by atoms with Crippen LogP contribution in [0.25, 0.3) is 17.1 Å². The van der Waals surface area contributed by atoms with Gasteiger partial charge in [0.2, 0.25) is 0 Å². The number of benzene rings is 2. The molecular formula is C15H12ClN3S. The molecule has 1 heterocycles. The van der Waals surface area contributed by atoms with Gasteiger partial charge in [0.25, 0.3) is 0 Å². The largest absolute Gasteiger partial charge is 0.270 e. The Kier molecular flexibility index (Phi) is 3.76. The third-order valence-electron chi connectivity index (χ3n) is 2.95. The lowest BCUT2D eigenvalue weighted by molar-refractivity contribution is 0.889. The molecule has 0 saturated heterocycles. The second kappa shape index (κ2) is 5.69. The van der Waals surface area contributed by atoms with Crippen molar-refractivity contribution in [2.24, 2.45) is 0 Å². The van der Waals surface area contributed by atoms with Gasteiger partial charge in [0.1, 0.15) is 0 Å². The van der Waals surface area contributed by atoms with Crippen LogP contribution in [0.1, 0.15) is 0 Å². The van der Waals surface area contributed by atoms with E-state index in [-0.39, 0.29) is 0 Å². The number of para-hydroxylation sites is 1. The Morgan fingerprint density at radius 2 is 1.65 bits per heavy atom. The molecule has 0 aliphatic carbocycles. The van der Waals surface area contributed by atoms with E-state index < -0.39 is 0 Å². The van der Waals surface area contributed by atoms with E-state index >= 15 is 0 Å². The number of aromatic nitrogens is 3. The number of hydrogen-bond acceptors (Lipinski definition) is 3. The fourth-order valence-electron chi connectivity index (χ4n) is 2.03. The molecule has 0 bridgehead atoms. The van der Waals surface area contributed by atoms with Crippen LogP contribution in [0, 0.1) is 0 Å². The molecule has 0 aliphatic rings. The number of thioether (sulfide) groups is 1. The summed E-state index contributed by atoms with van der Waals surface area (Å²) in [7, 11) is 0. The zero-order valence-electron chi connectivity index (χ0n) is 10.8. The van der Waals surface area contributed by atoms with Crippen LogP contribution < -0.4 is 0 Å². The van der Waals surface area contributed by atoms with Gasteiger partial charge in [0, 0.05) is 11.3 Å². The van der Waals surface area contributed by atoms with Crippen LogP contribution in [-0.4, -0.2) is 21.0 Å². The SMILES string of the molecule is CSc1nnc(-c2ccccc2Cl)n1-c1ccccc1. The van der Waals surface area contributed by atoms with Crippen molar-refractivity contribution in [2.45, 2.75) is 5.16 Å². The van der Waals surface area contributed by atoms with E-state index in [2.05, 4.69) is 10.2 Å². The van der Waals surface area contributed by atoms with Gasteiger partial charge in [-0.15, -0.1) is 10.2 Å². The maximum Gasteiger partial charge on any atom is 0.195 e. The fourth-order valence-corrected chi connectivity index (χ4v) is 2.75. The van der Waals surface area contributed by atoms with E-state index in [4.69, 9.17) is 11.6 Å². The first-order valence-electron chi connectivity index (χ1n) is 6.11. The molecule has 1 aromatic heterocycles. The summed E-state index contributed by atoms with van der Waals surface area (Å²) in [6.45, 7) is 0. The first-order chi connectivity index (χ1) is 9.81. The minimum atomic E-state index is 0.671. The zero-order chi connectivity index (χ0) is 13.9. The highest BCUT2D eigenvalue weighted by molar-refractivity contribution is 7.98. The van der Waals surface area contributed by atoms with Gasteiger partial charge in [0.05, 0.1) is 5.02 Å².